The van der Waals surface area contributed by atoms with Crippen molar-refractivity contribution in [3.63, 3.8) is 0 Å². The Kier molecular flexibility index (Phi) is 4.14. The fourth-order valence-corrected chi connectivity index (χ4v) is 1.89. The summed E-state index contributed by atoms with van der Waals surface area (Å²) in [5, 5.41) is 11.7. The van der Waals surface area contributed by atoms with Gasteiger partial charge in [-0.3, -0.25) is 4.79 Å². The monoisotopic (exact) mass is 287 g/mol. The van der Waals surface area contributed by atoms with Crippen molar-refractivity contribution in [2.75, 3.05) is 5.32 Å². The van der Waals surface area contributed by atoms with Crippen LogP contribution in [0.4, 0.5) is 14.5 Å². The maximum absolute atomic E-state index is 13.5. The zero-order valence-corrected chi connectivity index (χ0v) is 10.8. The molecule has 0 fully saturated rings. The number of carbonyl (C=O) groups excluding carboxylic acids is 1. The predicted octanol–water partition coefficient (Wildman–Crippen LogP) is 2.47. The summed E-state index contributed by atoms with van der Waals surface area (Å²) in [5.41, 5.74) is 5.65. The largest absolute Gasteiger partial charge is 0.369 e. The zero-order chi connectivity index (χ0) is 15.4. The van der Waals surface area contributed by atoms with Gasteiger partial charge >= 0.3 is 0 Å². The third kappa shape index (κ3) is 3.15. The fourth-order valence-electron chi connectivity index (χ4n) is 1.89. The Bertz CT molecular complexity index is 708. The van der Waals surface area contributed by atoms with E-state index in [-0.39, 0.29) is 11.3 Å². The molecule has 0 aliphatic heterocycles. The van der Waals surface area contributed by atoms with Gasteiger partial charge in [0.15, 0.2) is 0 Å². The minimum atomic E-state index is -1.00. The van der Waals surface area contributed by atoms with Crippen LogP contribution in [-0.2, 0) is 4.79 Å². The Balaban J connectivity index is 2.38. The highest BCUT2D eigenvalue weighted by Crippen LogP contribution is 2.24. The average Bonchev–Trinajstić information content (AvgIpc) is 2.45. The van der Waals surface area contributed by atoms with E-state index in [2.05, 4.69) is 5.32 Å². The molecule has 6 heteroatoms. The first kappa shape index (κ1) is 14.5. The first-order valence-corrected chi connectivity index (χ1v) is 6.03. The second kappa shape index (κ2) is 6.01. The molecular formula is C15H11F2N3O. The van der Waals surface area contributed by atoms with Crippen LogP contribution in [0.1, 0.15) is 17.2 Å². The van der Waals surface area contributed by atoms with E-state index in [0.29, 0.717) is 5.56 Å². The Labute approximate surface area is 119 Å². The first-order valence-electron chi connectivity index (χ1n) is 6.03. The highest BCUT2D eigenvalue weighted by molar-refractivity contribution is 5.85. The molecule has 0 saturated carbocycles. The molecule has 21 heavy (non-hydrogen) atoms. The third-order valence-electron chi connectivity index (χ3n) is 2.91. The molecule has 2 rings (SSSR count). The van der Waals surface area contributed by atoms with E-state index < -0.39 is 23.6 Å². The number of hydrogen-bond donors (Lipinski definition) is 2. The molecule has 2 aromatic carbocycles. The van der Waals surface area contributed by atoms with Crippen LogP contribution in [0.15, 0.2) is 42.5 Å². The van der Waals surface area contributed by atoms with Crippen molar-refractivity contribution >= 4 is 11.6 Å². The number of rotatable bonds is 4. The van der Waals surface area contributed by atoms with Gasteiger partial charge in [0.25, 0.3) is 0 Å². The third-order valence-corrected chi connectivity index (χ3v) is 2.91. The number of carbonyl (C=O) groups is 1. The number of amides is 1. The van der Waals surface area contributed by atoms with Gasteiger partial charge in [-0.15, -0.1) is 0 Å². The highest BCUT2D eigenvalue weighted by atomic mass is 19.1. The number of anilines is 1. The molecule has 0 unspecified atom stereocenters. The van der Waals surface area contributed by atoms with Gasteiger partial charge < -0.3 is 11.1 Å². The molecule has 1 atom stereocenters. The van der Waals surface area contributed by atoms with Gasteiger partial charge in [-0.05, 0) is 29.8 Å². The molecule has 2 aromatic rings. The van der Waals surface area contributed by atoms with E-state index in [9.17, 15) is 13.6 Å². The lowest BCUT2D eigenvalue weighted by Crippen LogP contribution is -2.28. The standard InChI is InChI=1S/C15H11F2N3O/c16-10-6-4-9(5-7-10)14(15(19)21)20-13-3-1-2-12(17)11(13)8-18/h1-7,14,20H,(H2,19,21)/t14-/m0/s1. The lowest BCUT2D eigenvalue weighted by atomic mass is 10.0. The molecule has 0 bridgehead atoms. The Morgan fingerprint density at radius 2 is 1.86 bits per heavy atom. The second-order valence-corrected chi connectivity index (χ2v) is 4.31. The van der Waals surface area contributed by atoms with E-state index in [4.69, 9.17) is 11.0 Å². The normalized spacial score (nSPS) is 11.5. The van der Waals surface area contributed by atoms with Gasteiger partial charge in [-0.25, -0.2) is 8.78 Å². The Morgan fingerprint density at radius 1 is 1.19 bits per heavy atom. The fraction of sp³-hybridized carbons (Fsp3) is 0.0667. The van der Waals surface area contributed by atoms with Crippen molar-refractivity contribution in [2.45, 2.75) is 6.04 Å². The lowest BCUT2D eigenvalue weighted by Gasteiger charge is -2.18. The van der Waals surface area contributed by atoms with Crippen LogP contribution in [0.2, 0.25) is 0 Å². The van der Waals surface area contributed by atoms with Gasteiger partial charge in [-0.1, -0.05) is 18.2 Å². The van der Waals surface area contributed by atoms with E-state index in [0.717, 1.165) is 6.07 Å². The topological polar surface area (TPSA) is 78.9 Å². The van der Waals surface area contributed by atoms with E-state index in [1.165, 1.54) is 36.4 Å². The van der Waals surface area contributed by atoms with Crippen molar-refractivity contribution in [3.8, 4) is 6.07 Å². The van der Waals surface area contributed by atoms with Crippen LogP contribution in [0.3, 0.4) is 0 Å². The quantitative estimate of drug-likeness (QED) is 0.906. The van der Waals surface area contributed by atoms with Crippen LogP contribution in [0.25, 0.3) is 0 Å². The number of halogens is 2. The van der Waals surface area contributed by atoms with Gasteiger partial charge in [-0.2, -0.15) is 5.26 Å². The second-order valence-electron chi connectivity index (χ2n) is 4.31. The minimum Gasteiger partial charge on any atom is -0.369 e. The zero-order valence-electron chi connectivity index (χ0n) is 10.8. The summed E-state index contributed by atoms with van der Waals surface area (Å²) in [6.45, 7) is 0. The number of hydrogen-bond acceptors (Lipinski definition) is 3. The predicted molar refractivity (Wildman–Crippen MR) is 73.1 cm³/mol. The first-order chi connectivity index (χ1) is 10.0. The molecule has 0 spiro atoms. The number of nitrogens with zero attached hydrogens (tertiary/aromatic N) is 1. The highest BCUT2D eigenvalue weighted by Gasteiger charge is 2.20. The van der Waals surface area contributed by atoms with E-state index in [1.807, 2.05) is 0 Å². The van der Waals surface area contributed by atoms with Crippen LogP contribution in [0.5, 0.6) is 0 Å². The molecule has 3 N–H and O–H groups in total. The molecule has 0 aliphatic carbocycles. The molecule has 1 amide bonds. The summed E-state index contributed by atoms with van der Waals surface area (Å²) in [6, 6.07) is 9.87. The molecule has 0 radical (unpaired) electrons. The Hall–Kier alpha value is -2.94. The van der Waals surface area contributed by atoms with E-state index >= 15 is 0 Å². The number of benzene rings is 2. The summed E-state index contributed by atoms with van der Waals surface area (Å²) in [6.07, 6.45) is 0. The van der Waals surface area contributed by atoms with Crippen molar-refractivity contribution in [1.82, 2.24) is 0 Å². The van der Waals surface area contributed by atoms with Gasteiger partial charge in [0.1, 0.15) is 29.3 Å². The Morgan fingerprint density at radius 3 is 2.43 bits per heavy atom. The SMILES string of the molecule is N#Cc1c(F)cccc1N[C@H](C(N)=O)c1ccc(F)cc1. The van der Waals surface area contributed by atoms with E-state index in [1.54, 1.807) is 6.07 Å². The van der Waals surface area contributed by atoms with Crippen LogP contribution in [0, 0.1) is 23.0 Å². The van der Waals surface area contributed by atoms with Crippen molar-refractivity contribution in [2.24, 2.45) is 5.73 Å². The average molecular weight is 287 g/mol. The number of nitriles is 1. The molecule has 0 saturated heterocycles. The number of nitrogens with one attached hydrogen (secondary N) is 1. The van der Waals surface area contributed by atoms with Crippen LogP contribution < -0.4 is 11.1 Å². The minimum absolute atomic E-state index is 0.144. The van der Waals surface area contributed by atoms with Crippen molar-refractivity contribution in [3.05, 3.63) is 65.2 Å². The van der Waals surface area contributed by atoms with Crippen LogP contribution >= 0.6 is 0 Å². The summed E-state index contributed by atoms with van der Waals surface area (Å²) in [4.78, 5) is 11.6. The molecule has 0 heterocycles. The molecular weight excluding hydrogens is 276 g/mol. The maximum Gasteiger partial charge on any atom is 0.244 e. The van der Waals surface area contributed by atoms with Crippen molar-refractivity contribution < 1.29 is 13.6 Å². The smallest absolute Gasteiger partial charge is 0.244 e. The summed E-state index contributed by atoms with van der Waals surface area (Å²) < 4.78 is 26.4. The van der Waals surface area contributed by atoms with Crippen LogP contribution in [-0.4, -0.2) is 5.91 Å². The molecule has 0 aromatic heterocycles. The van der Waals surface area contributed by atoms with Gasteiger partial charge in [0.2, 0.25) is 5.91 Å². The summed E-state index contributed by atoms with van der Waals surface area (Å²) in [5.74, 6) is -1.88. The van der Waals surface area contributed by atoms with Gasteiger partial charge in [0.05, 0.1) is 5.69 Å². The lowest BCUT2D eigenvalue weighted by molar-refractivity contribution is -0.118. The van der Waals surface area contributed by atoms with Gasteiger partial charge in [0, 0.05) is 0 Å². The van der Waals surface area contributed by atoms with Crippen molar-refractivity contribution in [1.29, 1.82) is 5.26 Å². The number of primary amides is 1. The maximum atomic E-state index is 13.5. The molecule has 4 nitrogen and oxygen atoms in total. The molecule has 106 valence electrons. The summed E-state index contributed by atoms with van der Waals surface area (Å²) in [7, 11) is 0. The number of nitrogens with two attached hydrogens (primary N) is 1. The summed E-state index contributed by atoms with van der Waals surface area (Å²) >= 11 is 0. The molecule has 0 aliphatic rings.